The number of hydrogen-bond acceptors (Lipinski definition) is 6. The van der Waals surface area contributed by atoms with E-state index in [2.05, 4.69) is 0 Å². The van der Waals surface area contributed by atoms with E-state index in [1.54, 1.807) is 24.3 Å². The van der Waals surface area contributed by atoms with Crippen LogP contribution in [0.1, 0.15) is 6.42 Å². The molecule has 29 heavy (non-hydrogen) atoms. The van der Waals surface area contributed by atoms with Gasteiger partial charge in [0, 0.05) is 18.6 Å². The first-order valence-corrected chi connectivity index (χ1v) is 8.95. The molecule has 3 rings (SSSR count). The normalized spacial score (nSPS) is 10.2. The first-order chi connectivity index (χ1) is 14.1. The average Bonchev–Trinajstić information content (AvgIpc) is 2.74. The number of Topliss-reactive ketones (excluding diaryl/α,β-unsaturated/α-hetero) is 1. The maximum atomic E-state index is 11.9. The minimum atomic E-state index is -0.481. The van der Waals surface area contributed by atoms with Crippen LogP contribution in [0.3, 0.4) is 0 Å². The largest absolute Gasteiger partial charge is 0.493 e. The third-order valence-corrected chi connectivity index (χ3v) is 3.90. The molecule has 0 radical (unpaired) electrons. The van der Waals surface area contributed by atoms with Gasteiger partial charge in [-0.25, -0.2) is 0 Å². The number of non-ortho nitro benzene ring substituents is 1. The second kappa shape index (κ2) is 9.89. The topological polar surface area (TPSA) is 87.9 Å². The fraction of sp³-hybridized carbons (Fsp3) is 0.136. The van der Waals surface area contributed by atoms with Crippen molar-refractivity contribution in [2.75, 3.05) is 13.2 Å². The average molecular weight is 393 g/mol. The molecule has 0 fully saturated rings. The monoisotopic (exact) mass is 393 g/mol. The van der Waals surface area contributed by atoms with E-state index in [9.17, 15) is 14.9 Å². The van der Waals surface area contributed by atoms with Gasteiger partial charge in [-0.05, 0) is 48.5 Å². The van der Waals surface area contributed by atoms with Gasteiger partial charge in [0.15, 0.2) is 5.78 Å². The molecule has 0 aliphatic heterocycles. The van der Waals surface area contributed by atoms with Crippen LogP contribution < -0.4 is 14.2 Å². The van der Waals surface area contributed by atoms with Crippen molar-refractivity contribution in [3.63, 3.8) is 0 Å². The molecule has 0 heterocycles. The van der Waals surface area contributed by atoms with E-state index in [4.69, 9.17) is 14.2 Å². The molecule has 7 heteroatoms. The number of rotatable bonds is 10. The summed E-state index contributed by atoms with van der Waals surface area (Å²) in [6, 6.07) is 22.1. The predicted molar refractivity (Wildman–Crippen MR) is 107 cm³/mol. The van der Waals surface area contributed by atoms with Crippen LogP contribution in [0.4, 0.5) is 5.69 Å². The highest BCUT2D eigenvalue weighted by molar-refractivity contribution is 5.80. The second-order valence-electron chi connectivity index (χ2n) is 6.06. The van der Waals surface area contributed by atoms with Gasteiger partial charge in [-0.2, -0.15) is 0 Å². The Morgan fingerprint density at radius 2 is 1.31 bits per heavy atom. The predicted octanol–water partition coefficient (Wildman–Crippen LogP) is 4.80. The summed E-state index contributed by atoms with van der Waals surface area (Å²) in [5.74, 6) is 2.33. The van der Waals surface area contributed by atoms with Crippen molar-refractivity contribution >= 4 is 11.5 Å². The smallest absolute Gasteiger partial charge is 0.269 e. The van der Waals surface area contributed by atoms with E-state index in [1.165, 1.54) is 24.3 Å². The van der Waals surface area contributed by atoms with Crippen molar-refractivity contribution in [1.29, 1.82) is 0 Å². The van der Waals surface area contributed by atoms with E-state index >= 15 is 0 Å². The molecule has 0 saturated heterocycles. The molecule has 0 saturated carbocycles. The molecule has 0 aromatic heterocycles. The van der Waals surface area contributed by atoms with Crippen LogP contribution >= 0.6 is 0 Å². The Morgan fingerprint density at radius 1 is 0.759 bits per heavy atom. The molecule has 0 amide bonds. The lowest BCUT2D eigenvalue weighted by molar-refractivity contribution is -0.384. The molecular weight excluding hydrogens is 374 g/mol. The highest BCUT2D eigenvalue weighted by atomic mass is 16.6. The molecule has 0 aliphatic rings. The minimum absolute atomic E-state index is 0.0120. The zero-order chi connectivity index (χ0) is 20.5. The summed E-state index contributed by atoms with van der Waals surface area (Å²) in [4.78, 5) is 22.1. The summed E-state index contributed by atoms with van der Waals surface area (Å²) < 4.78 is 16.6. The van der Waals surface area contributed by atoms with Gasteiger partial charge in [-0.1, -0.05) is 18.2 Å². The number of hydrogen-bond donors (Lipinski definition) is 0. The molecule has 0 aliphatic carbocycles. The first kappa shape index (κ1) is 19.9. The number of nitro groups is 1. The summed E-state index contributed by atoms with van der Waals surface area (Å²) >= 11 is 0. The summed E-state index contributed by atoms with van der Waals surface area (Å²) in [5, 5.41) is 10.6. The number of carbonyl (C=O) groups is 1. The third-order valence-electron chi connectivity index (χ3n) is 3.90. The van der Waals surface area contributed by atoms with Crippen molar-refractivity contribution in [2.45, 2.75) is 6.42 Å². The summed E-state index contributed by atoms with van der Waals surface area (Å²) in [6.45, 7) is 0.104. The SMILES string of the molecule is O=C(CCOc1ccc([N+](=O)[O-])cc1)COc1ccc(Oc2ccccc2)cc1. The molecule has 0 bridgehead atoms. The van der Waals surface area contributed by atoms with Crippen LogP contribution in [0.2, 0.25) is 0 Å². The maximum Gasteiger partial charge on any atom is 0.269 e. The number of para-hydroxylation sites is 1. The standard InChI is InChI=1S/C22H19NO6/c24-18(14-15-27-19-8-6-17(7-9-19)23(25)26)16-28-20-10-12-22(13-11-20)29-21-4-2-1-3-5-21/h1-13H,14-16H2. The lowest BCUT2D eigenvalue weighted by Gasteiger charge is -2.09. The third kappa shape index (κ3) is 6.35. The van der Waals surface area contributed by atoms with Crippen LogP contribution in [-0.4, -0.2) is 23.9 Å². The molecule has 148 valence electrons. The fourth-order valence-corrected chi connectivity index (χ4v) is 2.41. The number of nitrogens with zero attached hydrogens (tertiary/aromatic N) is 1. The number of ketones is 1. The van der Waals surface area contributed by atoms with Gasteiger partial charge in [0.25, 0.3) is 5.69 Å². The van der Waals surface area contributed by atoms with E-state index in [0.717, 1.165) is 5.75 Å². The highest BCUT2D eigenvalue weighted by Gasteiger charge is 2.07. The van der Waals surface area contributed by atoms with Gasteiger partial charge in [0.05, 0.1) is 11.5 Å². The molecule has 3 aromatic rings. The number of carbonyl (C=O) groups excluding carboxylic acids is 1. The molecule has 0 unspecified atom stereocenters. The summed E-state index contributed by atoms with van der Waals surface area (Å²) in [6.07, 6.45) is 0.173. The van der Waals surface area contributed by atoms with Gasteiger partial charge in [0.2, 0.25) is 0 Å². The highest BCUT2D eigenvalue weighted by Crippen LogP contribution is 2.23. The number of nitro benzene ring substituents is 1. The van der Waals surface area contributed by atoms with E-state index < -0.39 is 4.92 Å². The lowest BCUT2D eigenvalue weighted by atomic mass is 10.3. The van der Waals surface area contributed by atoms with Crippen LogP contribution in [-0.2, 0) is 4.79 Å². The molecule has 0 atom stereocenters. The first-order valence-electron chi connectivity index (χ1n) is 8.95. The molecule has 7 nitrogen and oxygen atoms in total. The van der Waals surface area contributed by atoms with Gasteiger partial charge in [0.1, 0.15) is 29.6 Å². The van der Waals surface area contributed by atoms with Gasteiger partial charge < -0.3 is 14.2 Å². The van der Waals surface area contributed by atoms with Crippen LogP contribution in [0.25, 0.3) is 0 Å². The Kier molecular flexibility index (Phi) is 6.78. The fourth-order valence-electron chi connectivity index (χ4n) is 2.41. The lowest BCUT2D eigenvalue weighted by Crippen LogP contribution is -2.14. The van der Waals surface area contributed by atoms with Crippen LogP contribution in [0.15, 0.2) is 78.9 Å². The summed E-state index contributed by atoms with van der Waals surface area (Å²) in [5.41, 5.74) is -0.0120. The zero-order valence-corrected chi connectivity index (χ0v) is 15.5. The maximum absolute atomic E-state index is 11.9. The van der Waals surface area contributed by atoms with E-state index in [-0.39, 0.29) is 31.1 Å². The van der Waals surface area contributed by atoms with Crippen LogP contribution in [0.5, 0.6) is 23.0 Å². The van der Waals surface area contributed by atoms with E-state index in [1.807, 2.05) is 30.3 Å². The van der Waals surface area contributed by atoms with Gasteiger partial charge in [-0.3, -0.25) is 14.9 Å². The molecule has 0 N–H and O–H groups in total. The zero-order valence-electron chi connectivity index (χ0n) is 15.5. The Hall–Kier alpha value is -3.87. The van der Waals surface area contributed by atoms with Crippen molar-refractivity contribution < 1.29 is 23.9 Å². The van der Waals surface area contributed by atoms with Crippen molar-refractivity contribution in [3.05, 3.63) is 89.0 Å². The Morgan fingerprint density at radius 3 is 1.97 bits per heavy atom. The Balaban J connectivity index is 1.38. The number of benzene rings is 3. The van der Waals surface area contributed by atoms with Gasteiger partial charge in [-0.15, -0.1) is 0 Å². The van der Waals surface area contributed by atoms with Crippen molar-refractivity contribution in [3.8, 4) is 23.0 Å². The summed E-state index contributed by atoms with van der Waals surface area (Å²) in [7, 11) is 0. The van der Waals surface area contributed by atoms with E-state index in [0.29, 0.717) is 17.2 Å². The molecular formula is C22H19NO6. The minimum Gasteiger partial charge on any atom is -0.493 e. The number of ether oxygens (including phenoxy) is 3. The van der Waals surface area contributed by atoms with Gasteiger partial charge >= 0.3 is 0 Å². The van der Waals surface area contributed by atoms with Crippen molar-refractivity contribution in [2.24, 2.45) is 0 Å². The van der Waals surface area contributed by atoms with Crippen molar-refractivity contribution in [1.82, 2.24) is 0 Å². The molecule has 3 aromatic carbocycles. The second-order valence-corrected chi connectivity index (χ2v) is 6.06. The Labute approximate surface area is 167 Å². The quantitative estimate of drug-likeness (QED) is 0.363. The van der Waals surface area contributed by atoms with Crippen LogP contribution in [0, 0.1) is 10.1 Å². The Bertz CT molecular complexity index is 939. The molecule has 0 spiro atoms.